The van der Waals surface area contributed by atoms with Crippen LogP contribution in [0.15, 0.2) is 6.20 Å². The molecular weight excluding hydrogens is 347 g/mol. The van der Waals surface area contributed by atoms with Crippen LogP contribution in [0, 0.1) is 5.92 Å². The number of aromatic amines is 1. The van der Waals surface area contributed by atoms with Crippen molar-refractivity contribution >= 4 is 5.91 Å². The Morgan fingerprint density at radius 2 is 2.19 bits per heavy atom. The molecule has 0 bridgehead atoms. The van der Waals surface area contributed by atoms with Crippen molar-refractivity contribution in [1.29, 1.82) is 0 Å². The van der Waals surface area contributed by atoms with Crippen molar-refractivity contribution in [2.45, 2.75) is 44.8 Å². The maximum atomic E-state index is 12.8. The van der Waals surface area contributed by atoms with Gasteiger partial charge in [0.2, 0.25) is 0 Å². The van der Waals surface area contributed by atoms with Crippen LogP contribution in [0.4, 0.5) is 13.2 Å². The van der Waals surface area contributed by atoms with Crippen molar-refractivity contribution < 1.29 is 18.0 Å². The first-order valence-electron chi connectivity index (χ1n) is 8.77. The fourth-order valence-corrected chi connectivity index (χ4v) is 3.95. The molecule has 2 aromatic heterocycles. The first-order valence-corrected chi connectivity index (χ1v) is 8.77. The maximum Gasteiger partial charge on any atom is 0.434 e. The number of H-pyrrole nitrogens is 1. The van der Waals surface area contributed by atoms with E-state index in [9.17, 15) is 18.0 Å². The van der Waals surface area contributed by atoms with Crippen molar-refractivity contribution in [2.75, 3.05) is 13.6 Å². The molecule has 1 aliphatic heterocycles. The van der Waals surface area contributed by atoms with Gasteiger partial charge >= 0.3 is 6.18 Å². The minimum absolute atomic E-state index is 0.0960. The zero-order chi connectivity index (χ0) is 18.5. The highest BCUT2D eigenvalue weighted by molar-refractivity contribution is 5.94. The molecule has 2 aliphatic rings. The monoisotopic (exact) mass is 367 g/mol. The summed E-state index contributed by atoms with van der Waals surface area (Å²) in [4.78, 5) is 18.0. The van der Waals surface area contributed by atoms with E-state index in [0.717, 1.165) is 36.7 Å². The van der Waals surface area contributed by atoms with E-state index in [2.05, 4.69) is 15.2 Å². The van der Waals surface area contributed by atoms with Crippen molar-refractivity contribution in [3.63, 3.8) is 0 Å². The molecule has 3 heterocycles. The van der Waals surface area contributed by atoms with Gasteiger partial charge in [-0.1, -0.05) is 0 Å². The number of fused-ring (bicyclic) bond motifs is 2. The Balaban J connectivity index is 1.43. The Bertz CT molecular complexity index is 838. The van der Waals surface area contributed by atoms with Crippen LogP contribution in [-0.2, 0) is 32.0 Å². The number of hydrogen-bond acceptors (Lipinski definition) is 3. The molecule has 1 atom stereocenters. The standard InChI is InChI=1S/C17H20F3N5O/c1-24(16(26)15-11-3-2-4-12(11)22-23-15)7-10-5-6-14-21-13(17(18,19)20)9-25(14)8-10/h9-10H,2-8H2,1H3,(H,22,23)/t10-/m0/s1. The van der Waals surface area contributed by atoms with Gasteiger partial charge in [-0.15, -0.1) is 0 Å². The quantitative estimate of drug-likeness (QED) is 0.906. The number of aryl methyl sites for hydroxylation is 2. The summed E-state index contributed by atoms with van der Waals surface area (Å²) in [5.74, 6) is 0.434. The van der Waals surface area contributed by atoms with E-state index in [-0.39, 0.29) is 11.8 Å². The summed E-state index contributed by atoms with van der Waals surface area (Å²) in [7, 11) is 1.73. The summed E-state index contributed by atoms with van der Waals surface area (Å²) < 4.78 is 40.0. The fraction of sp³-hybridized carbons (Fsp3) is 0.588. The van der Waals surface area contributed by atoms with Crippen LogP contribution in [0.25, 0.3) is 0 Å². The average Bonchev–Trinajstić information content (AvgIpc) is 3.27. The molecule has 0 fully saturated rings. The first-order chi connectivity index (χ1) is 12.3. The molecule has 1 N–H and O–H groups in total. The topological polar surface area (TPSA) is 66.8 Å². The van der Waals surface area contributed by atoms with Crippen LogP contribution in [-0.4, -0.2) is 44.1 Å². The summed E-state index contributed by atoms with van der Waals surface area (Å²) in [6.07, 6.45) is 0.666. The molecule has 1 aliphatic carbocycles. The number of imidazole rings is 1. The Hall–Kier alpha value is -2.32. The normalized spacial score (nSPS) is 19.3. The summed E-state index contributed by atoms with van der Waals surface area (Å²) in [6.45, 7) is 0.925. The molecule has 0 spiro atoms. The molecule has 9 heteroatoms. The second-order valence-corrected chi connectivity index (χ2v) is 7.17. The van der Waals surface area contributed by atoms with Gasteiger partial charge in [0, 0.05) is 44.0 Å². The molecule has 0 saturated heterocycles. The third-order valence-corrected chi connectivity index (χ3v) is 5.27. The van der Waals surface area contributed by atoms with Crippen molar-refractivity contribution in [1.82, 2.24) is 24.6 Å². The second-order valence-electron chi connectivity index (χ2n) is 7.17. The molecule has 0 saturated carbocycles. The number of carbonyl (C=O) groups is 1. The van der Waals surface area contributed by atoms with E-state index in [4.69, 9.17) is 0 Å². The third-order valence-electron chi connectivity index (χ3n) is 5.27. The van der Waals surface area contributed by atoms with Gasteiger partial charge in [0.05, 0.1) is 0 Å². The lowest BCUT2D eigenvalue weighted by Crippen LogP contribution is -2.35. The number of nitrogens with one attached hydrogen (secondary N) is 1. The van der Waals surface area contributed by atoms with Gasteiger partial charge in [-0.2, -0.15) is 18.3 Å². The SMILES string of the molecule is CN(C[C@@H]1CCc2nc(C(F)(F)F)cn2C1)C(=O)c1n[nH]c2c1CCC2. The minimum atomic E-state index is -4.42. The Morgan fingerprint density at radius 3 is 2.96 bits per heavy atom. The zero-order valence-corrected chi connectivity index (χ0v) is 14.4. The molecule has 1 amide bonds. The number of amides is 1. The minimum Gasteiger partial charge on any atom is -0.340 e. The number of carbonyl (C=O) groups excluding carboxylic acids is 1. The molecule has 0 aromatic carbocycles. The van der Waals surface area contributed by atoms with E-state index in [1.807, 2.05) is 0 Å². The molecule has 4 rings (SSSR count). The predicted octanol–water partition coefficient (Wildman–Crippen LogP) is 2.45. The van der Waals surface area contributed by atoms with Crippen LogP contribution < -0.4 is 0 Å². The summed E-state index contributed by atoms with van der Waals surface area (Å²) in [6, 6.07) is 0. The van der Waals surface area contributed by atoms with Gasteiger partial charge in [-0.05, 0) is 31.6 Å². The fourth-order valence-electron chi connectivity index (χ4n) is 3.95. The van der Waals surface area contributed by atoms with Gasteiger partial charge < -0.3 is 9.47 Å². The lowest BCUT2D eigenvalue weighted by Gasteiger charge is -2.28. The van der Waals surface area contributed by atoms with E-state index in [0.29, 0.717) is 37.4 Å². The Labute approximate surface area is 148 Å². The highest BCUT2D eigenvalue weighted by Crippen LogP contribution is 2.31. The summed E-state index contributed by atoms with van der Waals surface area (Å²) in [5.41, 5.74) is 1.70. The average molecular weight is 367 g/mol. The van der Waals surface area contributed by atoms with Crippen molar-refractivity contribution in [2.24, 2.45) is 5.92 Å². The number of hydrogen-bond donors (Lipinski definition) is 1. The van der Waals surface area contributed by atoms with E-state index >= 15 is 0 Å². The van der Waals surface area contributed by atoms with Gasteiger partial charge in [-0.25, -0.2) is 4.98 Å². The van der Waals surface area contributed by atoms with Gasteiger partial charge in [0.15, 0.2) is 11.4 Å². The van der Waals surface area contributed by atoms with Gasteiger partial charge in [0.1, 0.15) is 5.82 Å². The van der Waals surface area contributed by atoms with E-state index in [1.54, 1.807) is 16.5 Å². The molecule has 140 valence electrons. The molecule has 0 unspecified atom stereocenters. The van der Waals surface area contributed by atoms with Gasteiger partial charge in [0.25, 0.3) is 5.91 Å². The molecular formula is C17H20F3N5O. The number of aromatic nitrogens is 4. The highest BCUT2D eigenvalue weighted by Gasteiger charge is 2.36. The Morgan fingerprint density at radius 1 is 1.38 bits per heavy atom. The van der Waals surface area contributed by atoms with Crippen LogP contribution >= 0.6 is 0 Å². The first kappa shape index (κ1) is 17.1. The van der Waals surface area contributed by atoms with Crippen LogP contribution in [0.5, 0.6) is 0 Å². The van der Waals surface area contributed by atoms with Crippen molar-refractivity contribution in [3.05, 3.63) is 34.7 Å². The van der Waals surface area contributed by atoms with Gasteiger partial charge in [-0.3, -0.25) is 9.89 Å². The summed E-state index contributed by atoms with van der Waals surface area (Å²) in [5, 5.41) is 7.10. The highest BCUT2D eigenvalue weighted by atomic mass is 19.4. The second kappa shape index (κ2) is 6.14. The summed E-state index contributed by atoms with van der Waals surface area (Å²) >= 11 is 0. The van der Waals surface area contributed by atoms with E-state index in [1.165, 1.54) is 0 Å². The lowest BCUT2D eigenvalue weighted by atomic mass is 9.98. The molecule has 0 radical (unpaired) electrons. The Kier molecular flexibility index (Phi) is 4.04. The third kappa shape index (κ3) is 2.99. The maximum absolute atomic E-state index is 12.8. The van der Waals surface area contributed by atoms with E-state index < -0.39 is 11.9 Å². The smallest absolute Gasteiger partial charge is 0.340 e. The van der Waals surface area contributed by atoms with Crippen LogP contribution in [0.1, 0.15) is 46.1 Å². The predicted molar refractivity (Wildman–Crippen MR) is 86.6 cm³/mol. The largest absolute Gasteiger partial charge is 0.434 e. The molecule has 26 heavy (non-hydrogen) atoms. The van der Waals surface area contributed by atoms with Crippen LogP contribution in [0.3, 0.4) is 0 Å². The molecule has 2 aromatic rings. The number of nitrogens with zero attached hydrogens (tertiary/aromatic N) is 4. The number of halogens is 3. The zero-order valence-electron chi connectivity index (χ0n) is 14.4. The van der Waals surface area contributed by atoms with Crippen LogP contribution in [0.2, 0.25) is 0 Å². The number of alkyl halides is 3. The lowest BCUT2D eigenvalue weighted by molar-refractivity contribution is -0.141. The van der Waals surface area contributed by atoms with Crippen molar-refractivity contribution in [3.8, 4) is 0 Å². The number of rotatable bonds is 3. The molecule has 6 nitrogen and oxygen atoms in total.